The highest BCUT2D eigenvalue weighted by atomic mass is 35.5. The average molecular weight is 433 g/mol. The highest BCUT2D eigenvalue weighted by Gasteiger charge is 2.37. The summed E-state index contributed by atoms with van der Waals surface area (Å²) in [7, 11) is -3.95. The van der Waals surface area contributed by atoms with Crippen molar-refractivity contribution in [2.75, 3.05) is 44.3 Å². The Kier molecular flexibility index (Phi) is 6.48. The summed E-state index contributed by atoms with van der Waals surface area (Å²) < 4.78 is 30.6. The van der Waals surface area contributed by atoms with Crippen LogP contribution < -0.4 is 10.5 Å². The van der Waals surface area contributed by atoms with Crippen LogP contribution in [0.15, 0.2) is 45.0 Å². The molecule has 0 unspecified atom stereocenters. The van der Waals surface area contributed by atoms with Crippen LogP contribution in [-0.4, -0.2) is 68.1 Å². The molecule has 0 saturated carbocycles. The number of nitrogens with zero attached hydrogens (tertiary/aromatic N) is 3. The van der Waals surface area contributed by atoms with E-state index in [0.717, 1.165) is 0 Å². The third kappa shape index (κ3) is 3.64. The predicted octanol–water partition coefficient (Wildman–Crippen LogP) is -0.00390. The van der Waals surface area contributed by atoms with Crippen molar-refractivity contribution < 1.29 is 23.3 Å². The zero-order chi connectivity index (χ0) is 18.4. The fourth-order valence-corrected chi connectivity index (χ4v) is 5.06. The smallest absolute Gasteiger partial charge is 0.285 e. The van der Waals surface area contributed by atoms with E-state index >= 15 is 0 Å². The van der Waals surface area contributed by atoms with E-state index in [2.05, 4.69) is 10.2 Å². The number of sulfone groups is 1. The Bertz CT molecular complexity index is 1010. The first kappa shape index (κ1) is 22.3. The third-order valence-electron chi connectivity index (χ3n) is 4.81. The topological polar surface area (TPSA) is 147 Å². The number of aromatic nitrogens is 2. The molecule has 0 radical (unpaired) electrons. The molecular formula is C16H21ClN4O6S. The van der Waals surface area contributed by atoms with Crippen molar-refractivity contribution in [2.45, 2.75) is 9.79 Å². The Morgan fingerprint density at radius 2 is 1.89 bits per heavy atom. The van der Waals surface area contributed by atoms with Crippen LogP contribution in [0.3, 0.4) is 0 Å². The fraction of sp³-hybridized carbons (Fsp3) is 0.375. The van der Waals surface area contributed by atoms with Crippen LogP contribution in [-0.2, 0) is 14.6 Å². The molecule has 2 aromatic rings. The molecule has 1 fully saturated rings. The lowest BCUT2D eigenvalue weighted by atomic mass is 10.2. The number of hydroxylamine groups is 3. The minimum absolute atomic E-state index is 0. The van der Waals surface area contributed by atoms with Crippen molar-refractivity contribution in [3.63, 3.8) is 0 Å². The van der Waals surface area contributed by atoms with E-state index in [-0.39, 0.29) is 46.5 Å². The average Bonchev–Trinajstić information content (AvgIpc) is 2.62. The van der Waals surface area contributed by atoms with Gasteiger partial charge in [-0.2, -0.15) is 5.10 Å². The number of H-pyrrole nitrogens is 1. The van der Waals surface area contributed by atoms with Crippen molar-refractivity contribution in [2.24, 2.45) is 0 Å². The van der Waals surface area contributed by atoms with Crippen molar-refractivity contribution in [3.05, 3.63) is 46.0 Å². The van der Waals surface area contributed by atoms with Gasteiger partial charge in [0.05, 0.1) is 48.8 Å². The lowest BCUT2D eigenvalue weighted by Crippen LogP contribution is -2.53. The highest BCUT2D eigenvalue weighted by Crippen LogP contribution is 2.41. The molecule has 0 aliphatic carbocycles. The summed E-state index contributed by atoms with van der Waals surface area (Å²) in [5.41, 5.74) is -0.112. The number of aromatic amines is 1. The molecule has 3 N–H and O–H groups in total. The molecule has 1 aromatic carbocycles. The lowest BCUT2D eigenvalue weighted by Gasteiger charge is -2.46. The zero-order valence-electron chi connectivity index (χ0n) is 14.8. The molecule has 1 saturated heterocycles. The number of hydrogen-bond donors (Lipinski definition) is 1. The highest BCUT2D eigenvalue weighted by molar-refractivity contribution is 7.92. The summed E-state index contributed by atoms with van der Waals surface area (Å²) in [4.78, 5) is 13.6. The van der Waals surface area contributed by atoms with Crippen LogP contribution in [0.1, 0.15) is 0 Å². The van der Waals surface area contributed by atoms with Gasteiger partial charge in [0.2, 0.25) is 9.84 Å². The number of benzene rings is 1. The maximum absolute atomic E-state index is 12.9. The second-order valence-electron chi connectivity index (χ2n) is 6.38. The quantitative estimate of drug-likeness (QED) is 0.530. The number of fused-ring (bicyclic) bond motifs is 2. The molecule has 0 amide bonds. The van der Waals surface area contributed by atoms with E-state index in [1.807, 2.05) is 0 Å². The van der Waals surface area contributed by atoms with E-state index < -0.39 is 20.0 Å². The summed E-state index contributed by atoms with van der Waals surface area (Å²) in [5, 5.41) is 18.7. The Morgan fingerprint density at radius 1 is 1.21 bits per heavy atom. The van der Waals surface area contributed by atoms with Crippen molar-refractivity contribution >= 4 is 33.6 Å². The summed E-state index contributed by atoms with van der Waals surface area (Å²) in [5.74, 6) is 0. The van der Waals surface area contributed by atoms with Crippen molar-refractivity contribution in [3.8, 4) is 0 Å². The number of anilines is 2. The van der Waals surface area contributed by atoms with Crippen LogP contribution in [0.4, 0.5) is 11.4 Å². The van der Waals surface area contributed by atoms with Gasteiger partial charge in [-0.05, 0) is 12.1 Å². The summed E-state index contributed by atoms with van der Waals surface area (Å²) in [6.07, 6.45) is 1.32. The molecule has 1 aromatic heterocycles. The molecule has 12 heteroatoms. The van der Waals surface area contributed by atoms with Crippen LogP contribution in [0.25, 0.3) is 0 Å². The number of para-hydroxylation sites is 1. The molecule has 0 bridgehead atoms. The van der Waals surface area contributed by atoms with E-state index in [1.54, 1.807) is 23.1 Å². The molecule has 28 heavy (non-hydrogen) atoms. The second kappa shape index (κ2) is 8.15. The summed E-state index contributed by atoms with van der Waals surface area (Å²) >= 11 is 0. The standard InChI is InChI=1S/C16H18N4O5S.ClH.H2O/c21-16-15-13(11-17-18-16)19(5-6-20(22)7-9-25-10-8-20)12-3-1-2-4-14(12)26(15,23)24;;/h1-4,11H,5-10H2,(H,18,21);1H;1H2. The SMILES string of the molecule is Cl.O.O=c1[nH]ncc2c1S(=O)(=O)c1ccccc1N2CC[N+]1([O-])CCOCC1. The van der Waals surface area contributed by atoms with Gasteiger partial charge >= 0.3 is 0 Å². The summed E-state index contributed by atoms with van der Waals surface area (Å²) in [6.45, 7) is 2.05. The van der Waals surface area contributed by atoms with Crippen molar-refractivity contribution in [1.82, 2.24) is 10.2 Å². The van der Waals surface area contributed by atoms with Gasteiger partial charge in [0.15, 0.2) is 4.90 Å². The Labute approximate surface area is 167 Å². The molecule has 4 rings (SSSR count). The molecule has 2 aliphatic rings. The molecule has 0 atom stereocenters. The van der Waals surface area contributed by atoms with Crippen LogP contribution in [0.2, 0.25) is 0 Å². The number of halogens is 1. The number of rotatable bonds is 3. The van der Waals surface area contributed by atoms with E-state index in [1.165, 1.54) is 12.3 Å². The maximum Gasteiger partial charge on any atom is 0.285 e. The predicted molar refractivity (Wildman–Crippen MR) is 104 cm³/mol. The normalized spacial score (nSPS) is 18.8. The maximum atomic E-state index is 12.9. The monoisotopic (exact) mass is 432 g/mol. The Balaban J connectivity index is 0.00000140. The molecular weight excluding hydrogens is 412 g/mol. The van der Waals surface area contributed by atoms with Crippen LogP contribution in [0, 0.1) is 5.21 Å². The van der Waals surface area contributed by atoms with Crippen LogP contribution >= 0.6 is 12.4 Å². The first-order valence-corrected chi connectivity index (χ1v) is 9.75. The summed E-state index contributed by atoms with van der Waals surface area (Å²) in [6, 6.07) is 6.48. The molecule has 2 aliphatic heterocycles. The van der Waals surface area contributed by atoms with E-state index in [0.29, 0.717) is 32.0 Å². The number of morpholine rings is 1. The van der Waals surface area contributed by atoms with Gasteiger partial charge in [-0.1, -0.05) is 12.1 Å². The molecule has 10 nitrogen and oxygen atoms in total. The zero-order valence-corrected chi connectivity index (χ0v) is 16.5. The number of nitrogens with one attached hydrogen (secondary N) is 1. The second-order valence-corrected chi connectivity index (χ2v) is 8.23. The third-order valence-corrected chi connectivity index (χ3v) is 6.67. The number of ether oxygens (including phenoxy) is 1. The molecule has 3 heterocycles. The van der Waals surface area contributed by atoms with Crippen molar-refractivity contribution in [1.29, 1.82) is 0 Å². The fourth-order valence-electron chi connectivity index (χ4n) is 3.40. The molecule has 154 valence electrons. The van der Waals surface area contributed by atoms with E-state index in [4.69, 9.17) is 4.74 Å². The van der Waals surface area contributed by atoms with Gasteiger partial charge in [0.1, 0.15) is 13.1 Å². The molecule has 0 spiro atoms. The van der Waals surface area contributed by atoms with E-state index in [9.17, 15) is 18.4 Å². The first-order valence-electron chi connectivity index (χ1n) is 8.27. The lowest BCUT2D eigenvalue weighted by molar-refractivity contribution is -0.887. The Hall–Kier alpha value is -2.02. The minimum Gasteiger partial charge on any atom is -0.633 e. The van der Waals surface area contributed by atoms with Gasteiger partial charge < -0.3 is 25.0 Å². The minimum atomic E-state index is -3.95. The Morgan fingerprint density at radius 3 is 2.61 bits per heavy atom. The van der Waals surface area contributed by atoms with Gasteiger partial charge in [-0.15, -0.1) is 12.4 Å². The van der Waals surface area contributed by atoms with Crippen LogP contribution in [0.5, 0.6) is 0 Å². The first-order chi connectivity index (χ1) is 12.4. The number of hydrogen-bond acceptors (Lipinski definition) is 7. The van der Waals surface area contributed by atoms with Gasteiger partial charge in [-0.3, -0.25) is 4.79 Å². The largest absolute Gasteiger partial charge is 0.633 e. The van der Waals surface area contributed by atoms with Gasteiger partial charge in [0.25, 0.3) is 5.56 Å². The van der Waals surface area contributed by atoms with Gasteiger partial charge in [0, 0.05) is 0 Å². The number of quaternary nitrogens is 1. The van der Waals surface area contributed by atoms with Gasteiger partial charge in [-0.25, -0.2) is 13.5 Å².